The van der Waals surface area contributed by atoms with Gasteiger partial charge >= 0.3 is 5.97 Å². The third-order valence-electron chi connectivity index (χ3n) is 3.31. The van der Waals surface area contributed by atoms with Crippen LogP contribution in [-0.2, 0) is 16.1 Å². The van der Waals surface area contributed by atoms with E-state index in [2.05, 4.69) is 32.7 Å². The molecule has 1 aliphatic carbocycles. The number of thiophene rings is 1. The maximum absolute atomic E-state index is 11.7. The molecule has 1 N–H and O–H groups in total. The summed E-state index contributed by atoms with van der Waals surface area (Å²) < 4.78 is 6.00. The number of rotatable bonds is 5. The summed E-state index contributed by atoms with van der Waals surface area (Å²) in [6.45, 7) is 1.53. The van der Waals surface area contributed by atoms with Crippen molar-refractivity contribution in [1.82, 2.24) is 5.32 Å². The van der Waals surface area contributed by atoms with E-state index in [-0.39, 0.29) is 11.4 Å². The average Bonchev–Trinajstić information content (AvgIpc) is 2.67. The van der Waals surface area contributed by atoms with Crippen molar-refractivity contribution in [1.29, 1.82) is 0 Å². The first-order chi connectivity index (χ1) is 8.16. The van der Waals surface area contributed by atoms with Gasteiger partial charge in [0.05, 0.1) is 12.5 Å². The second-order valence-corrected chi connectivity index (χ2v) is 6.37. The molecule has 5 heteroatoms. The second-order valence-electron chi connectivity index (χ2n) is 4.46. The molecular weight excluding hydrogens is 302 g/mol. The Morgan fingerprint density at radius 1 is 1.65 bits per heavy atom. The van der Waals surface area contributed by atoms with E-state index >= 15 is 0 Å². The Hall–Kier alpha value is -0.390. The second kappa shape index (κ2) is 5.50. The monoisotopic (exact) mass is 317 g/mol. The molecule has 17 heavy (non-hydrogen) atoms. The number of carbonyl (C=O) groups excluding carboxylic acids is 1. The Labute approximate surface area is 114 Å². The molecule has 0 unspecified atom stereocenters. The number of ether oxygens (including phenoxy) is 1. The smallest absolute Gasteiger partial charge is 0.313 e. The molecule has 0 saturated heterocycles. The number of nitrogens with one attached hydrogen (secondary N) is 1. The highest BCUT2D eigenvalue weighted by Gasteiger charge is 2.44. The maximum Gasteiger partial charge on any atom is 0.313 e. The lowest BCUT2D eigenvalue weighted by Gasteiger charge is -2.38. The molecule has 0 atom stereocenters. The van der Waals surface area contributed by atoms with Crippen molar-refractivity contribution in [3.8, 4) is 0 Å². The summed E-state index contributed by atoms with van der Waals surface area (Å²) >= 11 is 5.15. The van der Waals surface area contributed by atoms with Gasteiger partial charge in [0.1, 0.15) is 0 Å². The largest absolute Gasteiger partial charge is 0.469 e. The van der Waals surface area contributed by atoms with Crippen molar-refractivity contribution < 1.29 is 9.53 Å². The molecular formula is C12H16BrNO2S. The zero-order valence-corrected chi connectivity index (χ0v) is 12.2. The van der Waals surface area contributed by atoms with Crippen molar-refractivity contribution in [2.75, 3.05) is 13.7 Å². The SMILES string of the molecule is COC(=O)C1(CNCc2cc(Br)cs2)CCC1. The van der Waals surface area contributed by atoms with Crippen LogP contribution < -0.4 is 5.32 Å². The molecule has 0 radical (unpaired) electrons. The summed E-state index contributed by atoms with van der Waals surface area (Å²) in [5.41, 5.74) is -0.261. The van der Waals surface area contributed by atoms with Crippen LogP contribution >= 0.6 is 27.3 Å². The molecule has 1 heterocycles. The van der Waals surface area contributed by atoms with Gasteiger partial charge in [0.25, 0.3) is 0 Å². The quantitative estimate of drug-likeness (QED) is 0.848. The van der Waals surface area contributed by atoms with Crippen molar-refractivity contribution in [3.63, 3.8) is 0 Å². The van der Waals surface area contributed by atoms with Gasteiger partial charge in [-0.2, -0.15) is 0 Å². The first kappa shape index (κ1) is 13.1. The molecule has 0 amide bonds. The molecule has 1 aromatic heterocycles. The summed E-state index contributed by atoms with van der Waals surface area (Å²) in [4.78, 5) is 13.0. The molecule has 0 bridgehead atoms. The van der Waals surface area contributed by atoms with E-state index in [4.69, 9.17) is 4.74 Å². The zero-order valence-electron chi connectivity index (χ0n) is 9.79. The molecule has 0 spiro atoms. The van der Waals surface area contributed by atoms with Crippen molar-refractivity contribution in [2.45, 2.75) is 25.8 Å². The van der Waals surface area contributed by atoms with E-state index in [1.807, 2.05) is 0 Å². The fraction of sp³-hybridized carbons (Fsp3) is 0.583. The van der Waals surface area contributed by atoms with Crippen LogP contribution in [0.3, 0.4) is 0 Å². The minimum atomic E-state index is -0.261. The molecule has 0 aliphatic heterocycles. The van der Waals surface area contributed by atoms with E-state index in [1.54, 1.807) is 11.3 Å². The van der Waals surface area contributed by atoms with Gasteiger partial charge in [0.2, 0.25) is 0 Å². The highest BCUT2D eigenvalue weighted by Crippen LogP contribution is 2.41. The first-order valence-corrected chi connectivity index (χ1v) is 7.36. The van der Waals surface area contributed by atoms with Crippen molar-refractivity contribution in [3.05, 3.63) is 20.8 Å². The van der Waals surface area contributed by atoms with Crippen LogP contribution in [0.4, 0.5) is 0 Å². The average molecular weight is 318 g/mol. The van der Waals surface area contributed by atoms with Crippen LogP contribution in [0.1, 0.15) is 24.1 Å². The van der Waals surface area contributed by atoms with E-state index < -0.39 is 0 Å². The fourth-order valence-corrected chi connectivity index (χ4v) is 3.57. The molecule has 1 aliphatic rings. The molecule has 1 fully saturated rings. The van der Waals surface area contributed by atoms with E-state index in [0.29, 0.717) is 0 Å². The molecule has 1 aromatic rings. The molecule has 1 saturated carbocycles. The number of hydrogen-bond donors (Lipinski definition) is 1. The third-order valence-corrected chi connectivity index (χ3v) is 5.01. The van der Waals surface area contributed by atoms with Gasteiger partial charge in [-0.25, -0.2) is 0 Å². The van der Waals surface area contributed by atoms with Gasteiger partial charge < -0.3 is 10.1 Å². The normalized spacial score (nSPS) is 17.5. The Morgan fingerprint density at radius 2 is 2.41 bits per heavy atom. The van der Waals surface area contributed by atoms with Crippen LogP contribution in [0.25, 0.3) is 0 Å². The zero-order chi connectivity index (χ0) is 12.3. The minimum absolute atomic E-state index is 0.0661. The fourth-order valence-electron chi connectivity index (χ4n) is 2.14. The molecule has 2 rings (SSSR count). The lowest BCUT2D eigenvalue weighted by atomic mass is 9.68. The van der Waals surface area contributed by atoms with Gasteiger partial charge in [0, 0.05) is 27.8 Å². The summed E-state index contributed by atoms with van der Waals surface area (Å²) in [7, 11) is 1.47. The predicted molar refractivity (Wildman–Crippen MR) is 72.0 cm³/mol. The van der Waals surface area contributed by atoms with Gasteiger partial charge in [-0.1, -0.05) is 6.42 Å². The van der Waals surface area contributed by atoms with Crippen molar-refractivity contribution >= 4 is 33.2 Å². The summed E-state index contributed by atoms with van der Waals surface area (Å²) in [6.07, 6.45) is 3.02. The Morgan fingerprint density at radius 3 is 2.88 bits per heavy atom. The molecule has 0 aromatic carbocycles. The Bertz CT molecular complexity index is 401. The van der Waals surface area contributed by atoms with E-state index in [0.717, 1.165) is 36.8 Å². The van der Waals surface area contributed by atoms with Crippen LogP contribution in [0.5, 0.6) is 0 Å². The lowest BCUT2D eigenvalue weighted by molar-refractivity contribution is -0.158. The van der Waals surface area contributed by atoms with Crippen molar-refractivity contribution in [2.24, 2.45) is 5.41 Å². The summed E-state index contributed by atoms with van der Waals surface area (Å²) in [5, 5.41) is 5.43. The standard InChI is InChI=1S/C12H16BrNO2S/c1-16-11(15)12(3-2-4-12)8-14-6-10-5-9(13)7-17-10/h5,7,14H,2-4,6,8H2,1H3. The van der Waals surface area contributed by atoms with Crippen LogP contribution in [0.15, 0.2) is 15.9 Å². The highest BCUT2D eigenvalue weighted by atomic mass is 79.9. The highest BCUT2D eigenvalue weighted by molar-refractivity contribution is 9.10. The Balaban J connectivity index is 1.83. The number of hydrogen-bond acceptors (Lipinski definition) is 4. The summed E-state index contributed by atoms with van der Waals surface area (Å²) in [5.74, 6) is -0.0661. The lowest BCUT2D eigenvalue weighted by Crippen LogP contribution is -2.46. The number of carbonyl (C=O) groups is 1. The van der Waals surface area contributed by atoms with Gasteiger partial charge in [-0.15, -0.1) is 11.3 Å². The maximum atomic E-state index is 11.7. The van der Waals surface area contributed by atoms with Gasteiger partial charge in [-0.05, 0) is 34.8 Å². The van der Waals surface area contributed by atoms with Gasteiger partial charge in [-0.3, -0.25) is 4.79 Å². The summed E-state index contributed by atoms with van der Waals surface area (Å²) in [6, 6.07) is 2.10. The topological polar surface area (TPSA) is 38.3 Å². The van der Waals surface area contributed by atoms with E-state index in [1.165, 1.54) is 12.0 Å². The first-order valence-electron chi connectivity index (χ1n) is 5.68. The molecule has 3 nitrogen and oxygen atoms in total. The van der Waals surface area contributed by atoms with E-state index in [9.17, 15) is 4.79 Å². The van der Waals surface area contributed by atoms with Crippen LogP contribution in [0.2, 0.25) is 0 Å². The third kappa shape index (κ3) is 2.89. The number of methoxy groups -OCH3 is 1. The number of esters is 1. The molecule has 94 valence electrons. The van der Waals surface area contributed by atoms with Crippen LogP contribution in [0, 0.1) is 5.41 Å². The number of halogens is 1. The Kier molecular flexibility index (Phi) is 4.22. The van der Waals surface area contributed by atoms with Crippen LogP contribution in [-0.4, -0.2) is 19.6 Å². The van der Waals surface area contributed by atoms with Gasteiger partial charge in [0.15, 0.2) is 0 Å². The minimum Gasteiger partial charge on any atom is -0.469 e. The predicted octanol–water partition coefficient (Wildman–Crippen LogP) is 2.94.